The molecule has 1 heterocycles. The SMILES string of the molecule is O=C1N/C(=C/c2ccc(OCc3ccccc3)cc2)C(=O)N1Cc1ccc(Br)cc1. The van der Waals surface area contributed by atoms with Crippen LogP contribution in [-0.2, 0) is 17.9 Å². The van der Waals surface area contributed by atoms with E-state index in [-0.39, 0.29) is 18.1 Å². The molecular formula is C24H19BrN2O3. The molecule has 1 aliphatic heterocycles. The van der Waals surface area contributed by atoms with Crippen LogP contribution in [0.5, 0.6) is 5.75 Å². The van der Waals surface area contributed by atoms with Gasteiger partial charge in [0.2, 0.25) is 0 Å². The van der Waals surface area contributed by atoms with E-state index in [1.165, 1.54) is 4.90 Å². The van der Waals surface area contributed by atoms with Crippen molar-refractivity contribution in [1.29, 1.82) is 0 Å². The van der Waals surface area contributed by atoms with E-state index in [4.69, 9.17) is 4.74 Å². The maximum absolute atomic E-state index is 12.7. The van der Waals surface area contributed by atoms with Crippen molar-refractivity contribution in [3.8, 4) is 5.75 Å². The van der Waals surface area contributed by atoms with Crippen molar-refractivity contribution in [2.75, 3.05) is 0 Å². The van der Waals surface area contributed by atoms with Crippen molar-refractivity contribution in [3.05, 3.63) is 106 Å². The van der Waals surface area contributed by atoms with E-state index in [2.05, 4.69) is 21.2 Å². The summed E-state index contributed by atoms with van der Waals surface area (Å²) in [6.45, 7) is 0.711. The second-order valence-electron chi connectivity index (χ2n) is 6.85. The Morgan fingerprint density at radius 1 is 0.867 bits per heavy atom. The van der Waals surface area contributed by atoms with E-state index in [1.54, 1.807) is 6.08 Å². The number of hydrogen-bond donors (Lipinski definition) is 1. The molecule has 3 aromatic rings. The fraction of sp³-hybridized carbons (Fsp3) is 0.0833. The smallest absolute Gasteiger partial charge is 0.329 e. The monoisotopic (exact) mass is 462 g/mol. The summed E-state index contributed by atoms with van der Waals surface area (Å²) in [5, 5.41) is 2.65. The molecule has 0 bridgehead atoms. The predicted molar refractivity (Wildman–Crippen MR) is 118 cm³/mol. The van der Waals surface area contributed by atoms with Gasteiger partial charge in [-0.15, -0.1) is 0 Å². The minimum atomic E-state index is -0.419. The van der Waals surface area contributed by atoms with Crippen LogP contribution in [0.15, 0.2) is 89.0 Å². The Morgan fingerprint density at radius 2 is 1.57 bits per heavy atom. The Balaban J connectivity index is 1.41. The van der Waals surface area contributed by atoms with Gasteiger partial charge in [-0.25, -0.2) is 4.79 Å². The molecule has 4 rings (SSSR count). The van der Waals surface area contributed by atoms with Crippen LogP contribution in [0, 0.1) is 0 Å². The van der Waals surface area contributed by atoms with Crippen LogP contribution >= 0.6 is 15.9 Å². The summed E-state index contributed by atoms with van der Waals surface area (Å²) in [6, 6.07) is 24.4. The highest BCUT2D eigenvalue weighted by atomic mass is 79.9. The molecule has 1 saturated heterocycles. The molecule has 0 radical (unpaired) electrons. The van der Waals surface area contributed by atoms with Crippen molar-refractivity contribution < 1.29 is 14.3 Å². The summed E-state index contributed by atoms with van der Waals surface area (Å²) < 4.78 is 6.72. The molecular weight excluding hydrogens is 444 g/mol. The van der Waals surface area contributed by atoms with Gasteiger partial charge in [-0.2, -0.15) is 0 Å². The lowest BCUT2D eigenvalue weighted by Crippen LogP contribution is -2.30. The number of carbonyl (C=O) groups is 2. The number of urea groups is 1. The zero-order valence-corrected chi connectivity index (χ0v) is 17.6. The van der Waals surface area contributed by atoms with Gasteiger partial charge in [-0.3, -0.25) is 9.69 Å². The van der Waals surface area contributed by atoms with E-state index < -0.39 is 6.03 Å². The number of halogens is 1. The first kappa shape index (κ1) is 19.9. The van der Waals surface area contributed by atoms with Gasteiger partial charge in [-0.1, -0.05) is 70.5 Å². The second kappa shape index (κ2) is 8.97. The van der Waals surface area contributed by atoms with Crippen LogP contribution in [0.3, 0.4) is 0 Å². The number of amides is 3. The quantitative estimate of drug-likeness (QED) is 0.408. The molecule has 0 aromatic heterocycles. The lowest BCUT2D eigenvalue weighted by Gasteiger charge is -2.11. The summed E-state index contributed by atoms with van der Waals surface area (Å²) >= 11 is 3.38. The van der Waals surface area contributed by atoms with Crippen molar-refractivity contribution in [1.82, 2.24) is 10.2 Å². The van der Waals surface area contributed by atoms with Gasteiger partial charge in [-0.05, 0) is 47.0 Å². The number of nitrogens with zero attached hydrogens (tertiary/aromatic N) is 1. The third-order valence-corrected chi connectivity index (χ3v) is 5.18. The summed E-state index contributed by atoms with van der Waals surface area (Å²) in [6.07, 6.45) is 1.67. The van der Waals surface area contributed by atoms with E-state index in [0.29, 0.717) is 6.61 Å². The van der Waals surface area contributed by atoms with Crippen molar-refractivity contribution in [2.45, 2.75) is 13.2 Å². The standard InChI is InChI=1S/C24H19BrN2O3/c25-20-10-6-18(7-11-20)15-27-23(28)22(26-24(27)29)14-17-8-12-21(13-9-17)30-16-19-4-2-1-3-5-19/h1-14H,15-16H2,(H,26,29)/b22-14+. The summed E-state index contributed by atoms with van der Waals surface area (Å²) in [5.74, 6) is 0.395. The van der Waals surface area contributed by atoms with E-state index in [9.17, 15) is 9.59 Å². The molecule has 6 heteroatoms. The van der Waals surface area contributed by atoms with Gasteiger partial charge in [0.1, 0.15) is 18.1 Å². The average molecular weight is 463 g/mol. The number of carbonyl (C=O) groups excluding carboxylic acids is 2. The molecule has 1 fully saturated rings. The Hall–Kier alpha value is -3.38. The van der Waals surface area contributed by atoms with Crippen LogP contribution in [0.25, 0.3) is 6.08 Å². The van der Waals surface area contributed by atoms with E-state index in [1.807, 2.05) is 78.9 Å². The van der Waals surface area contributed by atoms with Gasteiger partial charge in [0.25, 0.3) is 5.91 Å². The first-order chi connectivity index (χ1) is 14.6. The average Bonchev–Trinajstić information content (AvgIpc) is 3.03. The number of imide groups is 1. The van der Waals surface area contributed by atoms with Gasteiger partial charge >= 0.3 is 6.03 Å². The summed E-state index contributed by atoms with van der Waals surface area (Å²) in [5.41, 5.74) is 3.03. The molecule has 30 heavy (non-hydrogen) atoms. The van der Waals surface area contributed by atoms with Crippen molar-refractivity contribution in [2.24, 2.45) is 0 Å². The highest BCUT2D eigenvalue weighted by molar-refractivity contribution is 9.10. The third-order valence-electron chi connectivity index (χ3n) is 4.66. The topological polar surface area (TPSA) is 58.6 Å². The van der Waals surface area contributed by atoms with Crippen LogP contribution in [0.1, 0.15) is 16.7 Å². The van der Waals surface area contributed by atoms with Crippen molar-refractivity contribution in [3.63, 3.8) is 0 Å². The number of hydrogen-bond acceptors (Lipinski definition) is 3. The van der Waals surface area contributed by atoms with E-state index >= 15 is 0 Å². The van der Waals surface area contributed by atoms with Gasteiger partial charge in [0.05, 0.1) is 6.54 Å². The van der Waals surface area contributed by atoms with Gasteiger partial charge in [0, 0.05) is 4.47 Å². The summed E-state index contributed by atoms with van der Waals surface area (Å²) in [4.78, 5) is 26.1. The van der Waals surface area contributed by atoms with Gasteiger partial charge < -0.3 is 10.1 Å². The Bertz CT molecular complexity index is 1080. The number of benzene rings is 3. The lowest BCUT2D eigenvalue weighted by molar-refractivity contribution is -0.123. The van der Waals surface area contributed by atoms with Crippen LogP contribution in [-0.4, -0.2) is 16.8 Å². The first-order valence-corrected chi connectivity index (χ1v) is 10.2. The summed E-state index contributed by atoms with van der Waals surface area (Å²) in [7, 11) is 0. The largest absolute Gasteiger partial charge is 0.489 e. The molecule has 1 aliphatic rings. The molecule has 0 aliphatic carbocycles. The molecule has 1 N–H and O–H groups in total. The zero-order valence-electron chi connectivity index (χ0n) is 16.0. The maximum atomic E-state index is 12.7. The highest BCUT2D eigenvalue weighted by Crippen LogP contribution is 2.20. The Kier molecular flexibility index (Phi) is 5.95. The molecule has 0 spiro atoms. The molecule has 0 atom stereocenters. The van der Waals surface area contributed by atoms with Gasteiger partial charge in [0.15, 0.2) is 0 Å². The third kappa shape index (κ3) is 4.78. The second-order valence-corrected chi connectivity index (χ2v) is 7.76. The molecule has 5 nitrogen and oxygen atoms in total. The van der Waals surface area contributed by atoms with Crippen LogP contribution < -0.4 is 10.1 Å². The minimum Gasteiger partial charge on any atom is -0.489 e. The van der Waals surface area contributed by atoms with E-state index in [0.717, 1.165) is 26.9 Å². The van der Waals surface area contributed by atoms with Crippen molar-refractivity contribution >= 4 is 33.9 Å². The molecule has 150 valence electrons. The number of rotatable bonds is 6. The first-order valence-electron chi connectivity index (χ1n) is 9.44. The zero-order chi connectivity index (χ0) is 20.9. The molecule has 0 saturated carbocycles. The fourth-order valence-corrected chi connectivity index (χ4v) is 3.32. The minimum absolute atomic E-state index is 0.224. The lowest BCUT2D eigenvalue weighted by atomic mass is 10.1. The van der Waals surface area contributed by atoms with Crippen LogP contribution in [0.2, 0.25) is 0 Å². The molecule has 0 unspecified atom stereocenters. The fourth-order valence-electron chi connectivity index (χ4n) is 3.06. The number of ether oxygens (including phenoxy) is 1. The normalized spacial score (nSPS) is 14.8. The maximum Gasteiger partial charge on any atom is 0.329 e. The highest BCUT2D eigenvalue weighted by Gasteiger charge is 2.33. The molecule has 3 aromatic carbocycles. The Morgan fingerprint density at radius 3 is 2.27 bits per heavy atom. The predicted octanol–water partition coefficient (Wildman–Crippen LogP) is 5.12. The van der Waals surface area contributed by atoms with Crippen LogP contribution in [0.4, 0.5) is 4.79 Å². The Labute approximate surface area is 183 Å². The molecule has 3 amide bonds. The number of nitrogens with one attached hydrogen (secondary N) is 1.